The van der Waals surface area contributed by atoms with Gasteiger partial charge >= 0.3 is 0 Å². The molecule has 0 saturated heterocycles. The van der Waals surface area contributed by atoms with Gasteiger partial charge in [0.25, 0.3) is 0 Å². The van der Waals surface area contributed by atoms with Crippen molar-refractivity contribution in [2.45, 2.75) is 25.8 Å². The molecule has 0 saturated carbocycles. The molecule has 0 aliphatic carbocycles. The Labute approximate surface area is 93.4 Å². The maximum absolute atomic E-state index is 11.9. The van der Waals surface area contributed by atoms with Crippen LogP contribution in [0.25, 0.3) is 0 Å². The third-order valence-corrected chi connectivity index (χ3v) is 2.85. The number of fused-ring (bicyclic) bond motifs is 1. The highest BCUT2D eigenvalue weighted by Crippen LogP contribution is 2.35. The van der Waals surface area contributed by atoms with Crippen molar-refractivity contribution in [3.8, 4) is 5.88 Å². The van der Waals surface area contributed by atoms with E-state index in [4.69, 9.17) is 4.74 Å². The number of nitrogens with one attached hydrogen (secondary N) is 2. The van der Waals surface area contributed by atoms with Gasteiger partial charge in [-0.3, -0.25) is 4.79 Å². The zero-order valence-electron chi connectivity index (χ0n) is 9.50. The summed E-state index contributed by atoms with van der Waals surface area (Å²) in [4.78, 5) is 19.9. The fraction of sp³-hybridized carbons (Fsp3) is 0.500. The van der Waals surface area contributed by atoms with Gasteiger partial charge in [-0.15, -0.1) is 0 Å². The molecule has 1 amide bonds. The van der Waals surface area contributed by atoms with Crippen LogP contribution in [0, 0.1) is 0 Å². The molecular weight excluding hydrogens is 208 g/mol. The molecular formula is C10H14N4O2. The Bertz CT molecular complexity index is 435. The number of anilines is 2. The molecule has 1 unspecified atom stereocenters. The second kappa shape index (κ2) is 3.62. The number of carbonyl (C=O) groups excluding carboxylic acids is 1. The first-order chi connectivity index (χ1) is 7.60. The lowest BCUT2D eigenvalue weighted by molar-refractivity contribution is -0.120. The fourth-order valence-electron chi connectivity index (χ4n) is 1.55. The van der Waals surface area contributed by atoms with Gasteiger partial charge in [0.2, 0.25) is 11.8 Å². The fourth-order valence-corrected chi connectivity index (χ4v) is 1.55. The van der Waals surface area contributed by atoms with E-state index in [9.17, 15) is 4.79 Å². The minimum absolute atomic E-state index is 0.101. The molecule has 6 nitrogen and oxygen atoms in total. The van der Waals surface area contributed by atoms with Crippen molar-refractivity contribution in [1.29, 1.82) is 0 Å². The van der Waals surface area contributed by atoms with Gasteiger partial charge in [0.05, 0.1) is 7.11 Å². The van der Waals surface area contributed by atoms with Crippen molar-refractivity contribution >= 4 is 17.4 Å². The van der Waals surface area contributed by atoms with Crippen LogP contribution in [0.3, 0.4) is 0 Å². The van der Waals surface area contributed by atoms with Crippen molar-refractivity contribution in [2.75, 3.05) is 17.7 Å². The third-order valence-electron chi connectivity index (χ3n) is 2.85. The first-order valence-corrected chi connectivity index (χ1v) is 5.09. The van der Waals surface area contributed by atoms with Crippen molar-refractivity contribution in [3.05, 3.63) is 6.33 Å². The van der Waals surface area contributed by atoms with Crippen LogP contribution >= 0.6 is 0 Å². The van der Waals surface area contributed by atoms with Crippen LogP contribution in [0.15, 0.2) is 6.33 Å². The zero-order valence-corrected chi connectivity index (χ0v) is 9.50. The number of carbonyl (C=O) groups is 1. The highest BCUT2D eigenvalue weighted by atomic mass is 16.5. The number of nitrogens with zero attached hydrogens (tertiary/aromatic N) is 2. The molecule has 1 aliphatic rings. The number of rotatable bonds is 2. The second-order valence-electron chi connectivity index (χ2n) is 3.87. The van der Waals surface area contributed by atoms with Gasteiger partial charge in [-0.05, 0) is 13.3 Å². The quantitative estimate of drug-likeness (QED) is 0.781. The molecule has 0 spiro atoms. The van der Waals surface area contributed by atoms with Crippen LogP contribution in [0.5, 0.6) is 5.88 Å². The monoisotopic (exact) mass is 222 g/mol. The van der Waals surface area contributed by atoms with Crippen molar-refractivity contribution in [1.82, 2.24) is 9.97 Å². The first-order valence-electron chi connectivity index (χ1n) is 5.09. The standard InChI is InChI=1S/C10H14N4O2/c1-4-10(2)9(15)13-6-7(14-10)11-5-12-8(6)16-3/h5H,4H2,1-3H3,(H,13,15)(H,11,12,14). The number of ether oxygens (including phenoxy) is 1. The number of amides is 1. The summed E-state index contributed by atoms with van der Waals surface area (Å²) < 4.78 is 5.06. The summed E-state index contributed by atoms with van der Waals surface area (Å²) in [5.74, 6) is 0.857. The van der Waals surface area contributed by atoms with Crippen LogP contribution < -0.4 is 15.4 Å². The molecule has 6 heteroatoms. The summed E-state index contributed by atoms with van der Waals surface area (Å²) in [7, 11) is 1.50. The summed E-state index contributed by atoms with van der Waals surface area (Å²) in [5.41, 5.74) is -0.132. The molecule has 1 aromatic rings. The molecule has 2 rings (SSSR count). The average Bonchev–Trinajstić information content (AvgIpc) is 2.30. The highest BCUT2D eigenvalue weighted by Gasteiger charge is 2.37. The second-order valence-corrected chi connectivity index (χ2v) is 3.87. The minimum Gasteiger partial charge on any atom is -0.479 e. The summed E-state index contributed by atoms with van der Waals surface area (Å²) >= 11 is 0. The Balaban J connectivity index is 2.46. The molecule has 1 aliphatic heterocycles. The summed E-state index contributed by atoms with van der Waals surface area (Å²) in [6, 6.07) is 0. The molecule has 0 aromatic carbocycles. The number of hydrogen-bond acceptors (Lipinski definition) is 5. The molecule has 16 heavy (non-hydrogen) atoms. The van der Waals surface area contributed by atoms with Gasteiger partial charge in [0.15, 0.2) is 5.82 Å². The van der Waals surface area contributed by atoms with E-state index < -0.39 is 5.54 Å². The van der Waals surface area contributed by atoms with E-state index in [1.807, 2.05) is 13.8 Å². The third kappa shape index (κ3) is 1.46. The lowest BCUT2D eigenvalue weighted by atomic mass is 9.95. The molecule has 0 fully saturated rings. The Morgan fingerprint density at radius 3 is 2.88 bits per heavy atom. The van der Waals surface area contributed by atoms with Crippen LogP contribution in [-0.4, -0.2) is 28.5 Å². The van der Waals surface area contributed by atoms with Crippen LogP contribution in [0.1, 0.15) is 20.3 Å². The number of aromatic nitrogens is 2. The van der Waals surface area contributed by atoms with E-state index in [0.717, 1.165) is 0 Å². The molecule has 0 radical (unpaired) electrons. The Kier molecular flexibility index (Phi) is 2.41. The van der Waals surface area contributed by atoms with Crippen LogP contribution in [0.4, 0.5) is 11.5 Å². The number of methoxy groups -OCH3 is 1. The Morgan fingerprint density at radius 2 is 2.25 bits per heavy atom. The van der Waals surface area contributed by atoms with Gasteiger partial charge in [-0.25, -0.2) is 4.98 Å². The average molecular weight is 222 g/mol. The van der Waals surface area contributed by atoms with Gasteiger partial charge < -0.3 is 15.4 Å². The lowest BCUT2D eigenvalue weighted by Gasteiger charge is -2.34. The first kappa shape index (κ1) is 10.7. The number of hydrogen-bond donors (Lipinski definition) is 2. The van der Waals surface area contributed by atoms with Crippen molar-refractivity contribution in [3.63, 3.8) is 0 Å². The van der Waals surface area contributed by atoms with Gasteiger partial charge in [-0.2, -0.15) is 4.98 Å². The summed E-state index contributed by atoms with van der Waals surface area (Å²) in [6.45, 7) is 3.77. The molecule has 86 valence electrons. The van der Waals surface area contributed by atoms with Gasteiger partial charge in [-0.1, -0.05) is 6.92 Å². The van der Waals surface area contributed by atoms with E-state index >= 15 is 0 Å². The summed E-state index contributed by atoms with van der Waals surface area (Å²) in [6.07, 6.45) is 2.07. The minimum atomic E-state index is -0.633. The SMILES string of the molecule is CCC1(C)Nc2ncnc(OC)c2NC1=O. The van der Waals surface area contributed by atoms with Crippen molar-refractivity contribution in [2.24, 2.45) is 0 Å². The molecule has 0 bridgehead atoms. The van der Waals surface area contributed by atoms with E-state index in [1.54, 1.807) is 0 Å². The molecule has 1 aromatic heterocycles. The van der Waals surface area contributed by atoms with Crippen LogP contribution in [0.2, 0.25) is 0 Å². The van der Waals surface area contributed by atoms with E-state index in [0.29, 0.717) is 23.8 Å². The predicted molar refractivity (Wildman–Crippen MR) is 59.5 cm³/mol. The summed E-state index contributed by atoms with van der Waals surface area (Å²) in [5, 5.41) is 5.87. The van der Waals surface area contributed by atoms with Crippen LogP contribution in [-0.2, 0) is 4.79 Å². The van der Waals surface area contributed by atoms with Gasteiger partial charge in [0, 0.05) is 0 Å². The lowest BCUT2D eigenvalue weighted by Crippen LogP contribution is -2.50. The normalized spacial score (nSPS) is 23.1. The van der Waals surface area contributed by atoms with Crippen molar-refractivity contribution < 1.29 is 9.53 Å². The Hall–Kier alpha value is -1.85. The maximum Gasteiger partial charge on any atom is 0.250 e. The predicted octanol–water partition coefficient (Wildman–Crippen LogP) is 1.02. The van der Waals surface area contributed by atoms with E-state index in [2.05, 4.69) is 20.6 Å². The van der Waals surface area contributed by atoms with E-state index in [1.165, 1.54) is 13.4 Å². The zero-order chi connectivity index (χ0) is 11.8. The molecule has 1 atom stereocenters. The van der Waals surface area contributed by atoms with Gasteiger partial charge in [0.1, 0.15) is 17.6 Å². The largest absolute Gasteiger partial charge is 0.479 e. The maximum atomic E-state index is 11.9. The smallest absolute Gasteiger partial charge is 0.250 e. The topological polar surface area (TPSA) is 76.1 Å². The van der Waals surface area contributed by atoms with E-state index in [-0.39, 0.29) is 5.91 Å². The highest BCUT2D eigenvalue weighted by molar-refractivity contribution is 6.06. The molecule has 2 heterocycles. The molecule has 2 N–H and O–H groups in total. The Morgan fingerprint density at radius 1 is 1.50 bits per heavy atom.